The predicted molar refractivity (Wildman–Crippen MR) is 111 cm³/mol. The van der Waals surface area contributed by atoms with E-state index in [0.717, 1.165) is 18.4 Å². The summed E-state index contributed by atoms with van der Waals surface area (Å²) in [5.74, 6) is -0.416. The van der Waals surface area contributed by atoms with Crippen molar-refractivity contribution in [1.82, 2.24) is 0 Å². The molecule has 4 nitrogen and oxygen atoms in total. The molecule has 0 saturated heterocycles. The summed E-state index contributed by atoms with van der Waals surface area (Å²) in [6.45, 7) is 4.54. The predicted octanol–water partition coefficient (Wildman–Crippen LogP) is 6.12. The Bertz CT molecular complexity index is 767. The molecule has 0 spiro atoms. The van der Waals surface area contributed by atoms with Gasteiger partial charge in [-0.15, -0.1) is 0 Å². The zero-order valence-corrected chi connectivity index (χ0v) is 16.9. The van der Waals surface area contributed by atoms with Crippen molar-refractivity contribution in [2.24, 2.45) is 0 Å². The van der Waals surface area contributed by atoms with Crippen LogP contribution in [0, 0.1) is 6.92 Å². The number of aryl methyl sites for hydroxylation is 1. The molecule has 150 valence electrons. The number of carbonyl (C=O) groups is 2. The van der Waals surface area contributed by atoms with Crippen LogP contribution in [0.5, 0.6) is 5.75 Å². The highest BCUT2D eigenvalue weighted by Crippen LogP contribution is 2.16. The quantitative estimate of drug-likeness (QED) is 0.267. The third kappa shape index (κ3) is 7.55. The summed E-state index contributed by atoms with van der Waals surface area (Å²) >= 11 is 0. The lowest BCUT2D eigenvalue weighted by atomic mass is 10.1. The topological polar surface area (TPSA) is 52.6 Å². The van der Waals surface area contributed by atoms with Crippen molar-refractivity contribution in [2.75, 3.05) is 6.61 Å². The number of ether oxygens (including phenoxy) is 2. The van der Waals surface area contributed by atoms with Gasteiger partial charge in [0.1, 0.15) is 5.75 Å². The summed E-state index contributed by atoms with van der Waals surface area (Å²) in [7, 11) is 0. The molecular formula is C24H30O4. The van der Waals surface area contributed by atoms with Crippen LogP contribution < -0.4 is 4.74 Å². The molecule has 0 amide bonds. The molecule has 0 atom stereocenters. The van der Waals surface area contributed by atoms with Crippen molar-refractivity contribution in [1.29, 1.82) is 0 Å². The minimum atomic E-state index is -0.493. The highest BCUT2D eigenvalue weighted by atomic mass is 16.5. The lowest BCUT2D eigenvalue weighted by Gasteiger charge is -2.08. The first-order valence-corrected chi connectivity index (χ1v) is 10.2. The molecule has 28 heavy (non-hydrogen) atoms. The fourth-order valence-corrected chi connectivity index (χ4v) is 2.93. The first-order chi connectivity index (χ1) is 13.6. The molecule has 4 heteroatoms. The summed E-state index contributed by atoms with van der Waals surface area (Å²) in [5.41, 5.74) is 1.70. The van der Waals surface area contributed by atoms with E-state index in [1.807, 2.05) is 19.1 Å². The van der Waals surface area contributed by atoms with Crippen molar-refractivity contribution in [3.8, 4) is 5.75 Å². The minimum absolute atomic E-state index is 0.326. The Kier molecular flexibility index (Phi) is 9.26. The van der Waals surface area contributed by atoms with E-state index in [1.165, 1.54) is 38.2 Å². The van der Waals surface area contributed by atoms with Crippen LogP contribution in [0.3, 0.4) is 0 Å². The third-order valence-corrected chi connectivity index (χ3v) is 4.52. The van der Waals surface area contributed by atoms with Crippen LogP contribution in [0.2, 0.25) is 0 Å². The van der Waals surface area contributed by atoms with Crippen LogP contribution in [0.25, 0.3) is 0 Å². The van der Waals surface area contributed by atoms with Gasteiger partial charge in [0.25, 0.3) is 0 Å². The van der Waals surface area contributed by atoms with Gasteiger partial charge in [-0.05, 0) is 49.2 Å². The van der Waals surface area contributed by atoms with Gasteiger partial charge in [-0.1, -0.05) is 63.6 Å². The van der Waals surface area contributed by atoms with E-state index in [2.05, 4.69) is 6.92 Å². The van der Waals surface area contributed by atoms with Gasteiger partial charge in [-0.25, -0.2) is 9.59 Å². The monoisotopic (exact) mass is 382 g/mol. The van der Waals surface area contributed by atoms with Gasteiger partial charge < -0.3 is 9.47 Å². The van der Waals surface area contributed by atoms with Crippen LogP contribution >= 0.6 is 0 Å². The van der Waals surface area contributed by atoms with Crippen LogP contribution in [0.1, 0.15) is 78.1 Å². The van der Waals surface area contributed by atoms with E-state index >= 15 is 0 Å². The molecule has 0 fully saturated rings. The smallest absolute Gasteiger partial charge is 0.343 e. The Labute approximate surface area is 167 Å². The summed E-state index contributed by atoms with van der Waals surface area (Å²) in [6, 6.07) is 13.7. The number of rotatable bonds is 11. The summed E-state index contributed by atoms with van der Waals surface area (Å²) < 4.78 is 10.7. The molecule has 0 heterocycles. The van der Waals surface area contributed by atoms with Gasteiger partial charge in [0, 0.05) is 0 Å². The Morgan fingerprint density at radius 1 is 0.786 bits per heavy atom. The molecule has 2 aromatic carbocycles. The van der Waals surface area contributed by atoms with Gasteiger partial charge in [0.2, 0.25) is 0 Å². The largest absolute Gasteiger partial charge is 0.462 e. The molecule has 0 aliphatic rings. The zero-order valence-electron chi connectivity index (χ0n) is 16.9. The molecule has 0 aliphatic heterocycles. The number of hydrogen-bond acceptors (Lipinski definition) is 4. The SMILES string of the molecule is CCCCCCCCCOC(=O)c1cccc(C(=O)Oc2cccc(C)c2)c1. The zero-order chi connectivity index (χ0) is 20.2. The normalized spacial score (nSPS) is 10.5. The number of unbranched alkanes of at least 4 members (excludes halogenated alkanes) is 6. The van der Waals surface area contributed by atoms with E-state index in [-0.39, 0.29) is 0 Å². The van der Waals surface area contributed by atoms with Crippen molar-refractivity contribution in [3.63, 3.8) is 0 Å². The standard InChI is InChI=1S/C24H30O4/c1-3-4-5-6-7-8-9-16-27-23(25)20-13-11-14-21(18-20)24(26)28-22-15-10-12-19(2)17-22/h10-15,17-18H,3-9,16H2,1-2H3. The molecule has 0 bridgehead atoms. The molecule has 0 saturated carbocycles. The fourth-order valence-electron chi connectivity index (χ4n) is 2.93. The first-order valence-electron chi connectivity index (χ1n) is 10.2. The van der Waals surface area contributed by atoms with E-state index in [0.29, 0.717) is 23.5 Å². The van der Waals surface area contributed by atoms with Gasteiger partial charge in [-0.2, -0.15) is 0 Å². The second kappa shape index (κ2) is 12.0. The van der Waals surface area contributed by atoms with Crippen molar-refractivity contribution < 1.29 is 19.1 Å². The second-order valence-corrected chi connectivity index (χ2v) is 7.04. The summed E-state index contributed by atoms with van der Waals surface area (Å²) in [4.78, 5) is 24.6. The molecule has 0 radical (unpaired) electrons. The Balaban J connectivity index is 1.79. The maximum absolute atomic E-state index is 12.3. The van der Waals surface area contributed by atoms with Crippen LogP contribution in [0.4, 0.5) is 0 Å². The highest BCUT2D eigenvalue weighted by molar-refractivity contribution is 5.96. The molecule has 0 N–H and O–H groups in total. The highest BCUT2D eigenvalue weighted by Gasteiger charge is 2.13. The molecule has 0 aliphatic carbocycles. The Morgan fingerprint density at radius 2 is 1.43 bits per heavy atom. The maximum atomic E-state index is 12.3. The first kappa shape index (κ1) is 21.7. The van der Waals surface area contributed by atoms with Crippen molar-refractivity contribution in [3.05, 3.63) is 65.2 Å². The van der Waals surface area contributed by atoms with Crippen LogP contribution in [-0.4, -0.2) is 18.5 Å². The van der Waals surface area contributed by atoms with Gasteiger partial charge in [-0.3, -0.25) is 0 Å². The molecule has 2 rings (SSSR count). The molecule has 0 aromatic heterocycles. The Morgan fingerprint density at radius 3 is 2.14 bits per heavy atom. The summed E-state index contributed by atoms with van der Waals surface area (Å²) in [6.07, 6.45) is 8.17. The van der Waals surface area contributed by atoms with Crippen LogP contribution in [0.15, 0.2) is 48.5 Å². The lowest BCUT2D eigenvalue weighted by Crippen LogP contribution is -2.11. The Hall–Kier alpha value is -2.62. The number of benzene rings is 2. The average molecular weight is 383 g/mol. The molecule has 2 aromatic rings. The van der Waals surface area contributed by atoms with Crippen molar-refractivity contribution >= 4 is 11.9 Å². The van der Waals surface area contributed by atoms with E-state index in [1.54, 1.807) is 30.3 Å². The fraction of sp³-hybridized carbons (Fsp3) is 0.417. The molecule has 0 unspecified atom stereocenters. The molecular weight excluding hydrogens is 352 g/mol. The lowest BCUT2D eigenvalue weighted by molar-refractivity contribution is 0.0497. The number of hydrogen-bond donors (Lipinski definition) is 0. The number of esters is 2. The minimum Gasteiger partial charge on any atom is -0.462 e. The second-order valence-electron chi connectivity index (χ2n) is 7.04. The van der Waals surface area contributed by atoms with Crippen LogP contribution in [-0.2, 0) is 4.74 Å². The van der Waals surface area contributed by atoms with Gasteiger partial charge >= 0.3 is 11.9 Å². The van der Waals surface area contributed by atoms with E-state index in [4.69, 9.17) is 9.47 Å². The maximum Gasteiger partial charge on any atom is 0.343 e. The van der Waals surface area contributed by atoms with Gasteiger partial charge in [0.05, 0.1) is 17.7 Å². The van der Waals surface area contributed by atoms with Gasteiger partial charge in [0.15, 0.2) is 0 Å². The number of carbonyl (C=O) groups excluding carboxylic acids is 2. The third-order valence-electron chi connectivity index (χ3n) is 4.52. The van der Waals surface area contributed by atoms with E-state index < -0.39 is 11.9 Å². The van der Waals surface area contributed by atoms with Crippen molar-refractivity contribution in [2.45, 2.75) is 58.8 Å². The average Bonchev–Trinajstić information content (AvgIpc) is 2.70. The van der Waals surface area contributed by atoms with E-state index in [9.17, 15) is 9.59 Å². The summed E-state index contributed by atoms with van der Waals surface area (Å²) in [5, 5.41) is 0.